The molecular formula is C12H17N5. The van der Waals surface area contributed by atoms with Crippen LogP contribution in [-0.2, 0) is 6.42 Å². The van der Waals surface area contributed by atoms with E-state index in [2.05, 4.69) is 27.1 Å². The summed E-state index contributed by atoms with van der Waals surface area (Å²) in [6.45, 7) is 4.00. The molecule has 1 unspecified atom stereocenters. The molecule has 5 nitrogen and oxygen atoms in total. The molecule has 0 aliphatic heterocycles. The molecule has 0 aliphatic carbocycles. The van der Waals surface area contributed by atoms with Gasteiger partial charge >= 0.3 is 0 Å². The van der Waals surface area contributed by atoms with Crippen LogP contribution in [-0.4, -0.2) is 26.2 Å². The number of nitrogens with one attached hydrogen (secondary N) is 1. The number of aromatic nitrogens is 4. The standard InChI is InChI=1S/C12H17N5/c1-3-9(13)6-10-7-11(17-16-10)12-8(2)14-4-5-15-12/h4-5,7,9H,3,6,13H2,1-2H3,(H,16,17). The van der Waals surface area contributed by atoms with Gasteiger partial charge in [0, 0.05) is 30.6 Å². The van der Waals surface area contributed by atoms with E-state index in [-0.39, 0.29) is 6.04 Å². The molecule has 0 spiro atoms. The summed E-state index contributed by atoms with van der Waals surface area (Å²) in [6.07, 6.45) is 5.12. The Morgan fingerprint density at radius 1 is 1.35 bits per heavy atom. The van der Waals surface area contributed by atoms with Crippen LogP contribution in [0.4, 0.5) is 0 Å². The van der Waals surface area contributed by atoms with E-state index in [4.69, 9.17) is 5.73 Å². The Kier molecular flexibility index (Phi) is 3.49. The summed E-state index contributed by atoms with van der Waals surface area (Å²) >= 11 is 0. The third-order valence-corrected chi connectivity index (χ3v) is 2.76. The number of aromatic amines is 1. The summed E-state index contributed by atoms with van der Waals surface area (Å²) in [5.41, 5.74) is 9.48. The molecule has 2 heterocycles. The quantitative estimate of drug-likeness (QED) is 0.834. The zero-order valence-electron chi connectivity index (χ0n) is 10.1. The SMILES string of the molecule is CCC(N)Cc1cc(-c2nccnc2C)n[nH]1. The Labute approximate surface area is 100 Å². The van der Waals surface area contributed by atoms with E-state index in [9.17, 15) is 0 Å². The largest absolute Gasteiger partial charge is 0.327 e. The van der Waals surface area contributed by atoms with Gasteiger partial charge in [0.05, 0.1) is 5.69 Å². The summed E-state index contributed by atoms with van der Waals surface area (Å²) in [4.78, 5) is 8.49. The van der Waals surface area contributed by atoms with Crippen LogP contribution < -0.4 is 5.73 Å². The van der Waals surface area contributed by atoms with Crippen molar-refractivity contribution in [3.05, 3.63) is 29.8 Å². The highest BCUT2D eigenvalue weighted by Gasteiger charge is 2.10. The fourth-order valence-electron chi connectivity index (χ4n) is 1.67. The molecule has 2 aromatic rings. The fraction of sp³-hybridized carbons (Fsp3) is 0.417. The minimum atomic E-state index is 0.172. The number of nitrogens with zero attached hydrogens (tertiary/aromatic N) is 3. The third kappa shape index (κ3) is 2.68. The summed E-state index contributed by atoms with van der Waals surface area (Å²) in [5, 5.41) is 7.25. The summed E-state index contributed by atoms with van der Waals surface area (Å²) < 4.78 is 0. The molecular weight excluding hydrogens is 214 g/mol. The van der Waals surface area contributed by atoms with Gasteiger partial charge in [-0.1, -0.05) is 6.92 Å². The summed E-state index contributed by atoms with van der Waals surface area (Å²) in [7, 11) is 0. The first-order valence-corrected chi connectivity index (χ1v) is 5.78. The lowest BCUT2D eigenvalue weighted by molar-refractivity contribution is 0.635. The van der Waals surface area contributed by atoms with Gasteiger partial charge in [-0.2, -0.15) is 5.10 Å². The third-order valence-electron chi connectivity index (χ3n) is 2.76. The monoisotopic (exact) mass is 231 g/mol. The lowest BCUT2D eigenvalue weighted by Crippen LogP contribution is -2.21. The molecule has 17 heavy (non-hydrogen) atoms. The van der Waals surface area contributed by atoms with Crippen molar-refractivity contribution in [1.29, 1.82) is 0 Å². The molecule has 0 amide bonds. The molecule has 5 heteroatoms. The van der Waals surface area contributed by atoms with Gasteiger partial charge in [-0.3, -0.25) is 15.1 Å². The van der Waals surface area contributed by atoms with Crippen molar-refractivity contribution in [3.63, 3.8) is 0 Å². The Balaban J connectivity index is 2.21. The van der Waals surface area contributed by atoms with Gasteiger partial charge in [-0.25, -0.2) is 0 Å². The van der Waals surface area contributed by atoms with Gasteiger partial charge in [0.2, 0.25) is 0 Å². The Morgan fingerprint density at radius 3 is 2.82 bits per heavy atom. The lowest BCUT2D eigenvalue weighted by Gasteiger charge is -2.04. The van der Waals surface area contributed by atoms with E-state index < -0.39 is 0 Å². The number of H-pyrrole nitrogens is 1. The topological polar surface area (TPSA) is 80.5 Å². The van der Waals surface area contributed by atoms with Crippen molar-refractivity contribution in [2.45, 2.75) is 32.7 Å². The van der Waals surface area contributed by atoms with E-state index in [0.717, 1.165) is 35.6 Å². The fourth-order valence-corrected chi connectivity index (χ4v) is 1.67. The van der Waals surface area contributed by atoms with Crippen LogP contribution in [0.15, 0.2) is 18.5 Å². The molecule has 0 saturated heterocycles. The molecule has 0 aliphatic rings. The van der Waals surface area contributed by atoms with Gasteiger partial charge in [0.15, 0.2) is 0 Å². The Morgan fingerprint density at radius 2 is 2.12 bits per heavy atom. The first-order valence-electron chi connectivity index (χ1n) is 5.78. The number of rotatable bonds is 4. The average molecular weight is 231 g/mol. The smallest absolute Gasteiger partial charge is 0.113 e. The Bertz CT molecular complexity index is 491. The zero-order valence-corrected chi connectivity index (χ0v) is 10.1. The minimum absolute atomic E-state index is 0.172. The second-order valence-electron chi connectivity index (χ2n) is 4.14. The molecule has 3 N–H and O–H groups in total. The van der Waals surface area contributed by atoms with Crippen molar-refractivity contribution in [2.24, 2.45) is 5.73 Å². The maximum absolute atomic E-state index is 5.91. The molecule has 0 bridgehead atoms. The second kappa shape index (κ2) is 5.05. The predicted octanol–water partition coefficient (Wildman–Crippen LogP) is 1.45. The van der Waals surface area contributed by atoms with Crippen molar-refractivity contribution in [1.82, 2.24) is 20.2 Å². The number of hydrogen-bond donors (Lipinski definition) is 2. The predicted molar refractivity (Wildman–Crippen MR) is 66.3 cm³/mol. The van der Waals surface area contributed by atoms with Crippen LogP contribution in [0, 0.1) is 6.92 Å². The van der Waals surface area contributed by atoms with Crippen molar-refractivity contribution in [3.8, 4) is 11.4 Å². The molecule has 1 atom stereocenters. The van der Waals surface area contributed by atoms with E-state index in [1.807, 2.05) is 13.0 Å². The molecule has 0 saturated carbocycles. The van der Waals surface area contributed by atoms with Crippen LogP contribution in [0.1, 0.15) is 24.7 Å². The summed E-state index contributed by atoms with van der Waals surface area (Å²) in [6, 6.07) is 2.17. The second-order valence-corrected chi connectivity index (χ2v) is 4.14. The van der Waals surface area contributed by atoms with Gasteiger partial charge in [-0.05, 0) is 19.4 Å². The number of nitrogens with two attached hydrogens (primary N) is 1. The van der Waals surface area contributed by atoms with Gasteiger partial charge in [0.1, 0.15) is 11.4 Å². The van der Waals surface area contributed by atoms with Crippen molar-refractivity contribution >= 4 is 0 Å². The van der Waals surface area contributed by atoms with E-state index in [0.29, 0.717) is 0 Å². The van der Waals surface area contributed by atoms with Crippen LogP contribution in [0.3, 0.4) is 0 Å². The van der Waals surface area contributed by atoms with Gasteiger partial charge in [-0.15, -0.1) is 0 Å². The molecule has 0 fully saturated rings. The van der Waals surface area contributed by atoms with Crippen LogP contribution in [0.5, 0.6) is 0 Å². The summed E-state index contributed by atoms with van der Waals surface area (Å²) in [5.74, 6) is 0. The Hall–Kier alpha value is -1.75. The molecule has 0 aromatic carbocycles. The highest BCUT2D eigenvalue weighted by Crippen LogP contribution is 2.17. The average Bonchev–Trinajstić information content (AvgIpc) is 2.78. The van der Waals surface area contributed by atoms with Crippen molar-refractivity contribution < 1.29 is 0 Å². The first-order chi connectivity index (χ1) is 8.20. The number of aryl methyl sites for hydroxylation is 1. The van der Waals surface area contributed by atoms with Crippen LogP contribution >= 0.6 is 0 Å². The zero-order chi connectivity index (χ0) is 12.3. The minimum Gasteiger partial charge on any atom is -0.327 e. The highest BCUT2D eigenvalue weighted by atomic mass is 15.1. The molecule has 2 rings (SSSR count). The van der Waals surface area contributed by atoms with E-state index >= 15 is 0 Å². The highest BCUT2D eigenvalue weighted by molar-refractivity contribution is 5.56. The number of hydrogen-bond acceptors (Lipinski definition) is 4. The molecule has 2 aromatic heterocycles. The van der Waals surface area contributed by atoms with E-state index in [1.165, 1.54) is 0 Å². The maximum Gasteiger partial charge on any atom is 0.113 e. The maximum atomic E-state index is 5.91. The van der Waals surface area contributed by atoms with Gasteiger partial charge in [0.25, 0.3) is 0 Å². The lowest BCUT2D eigenvalue weighted by atomic mass is 10.1. The van der Waals surface area contributed by atoms with Crippen molar-refractivity contribution in [2.75, 3.05) is 0 Å². The molecule has 90 valence electrons. The van der Waals surface area contributed by atoms with E-state index in [1.54, 1.807) is 12.4 Å². The molecule has 0 radical (unpaired) electrons. The normalized spacial score (nSPS) is 12.6. The first kappa shape index (κ1) is 11.7. The van der Waals surface area contributed by atoms with Crippen LogP contribution in [0.25, 0.3) is 11.4 Å². The van der Waals surface area contributed by atoms with Crippen LogP contribution in [0.2, 0.25) is 0 Å². The van der Waals surface area contributed by atoms with Gasteiger partial charge < -0.3 is 5.73 Å².